The summed E-state index contributed by atoms with van der Waals surface area (Å²) in [6, 6.07) is 8.01. The lowest BCUT2D eigenvalue weighted by Crippen LogP contribution is -2.13. The molecular weight excluding hydrogens is 334 g/mol. The molecule has 2 aromatic rings. The summed E-state index contributed by atoms with van der Waals surface area (Å²) in [5.74, 6) is -0.196. The number of anilines is 1. The number of hydrogen-bond donors (Lipinski definition) is 2. The van der Waals surface area contributed by atoms with E-state index in [-0.39, 0.29) is 17.3 Å². The number of nitrogens with zero attached hydrogens (tertiary/aromatic N) is 1. The van der Waals surface area contributed by atoms with Crippen molar-refractivity contribution in [1.29, 1.82) is 0 Å². The predicted octanol–water partition coefficient (Wildman–Crippen LogP) is 2.97. The maximum atomic E-state index is 11.1. The fourth-order valence-corrected chi connectivity index (χ4v) is 2.04. The van der Waals surface area contributed by atoms with Crippen LogP contribution in [0.2, 0.25) is 5.02 Å². The predicted molar refractivity (Wildman–Crippen MR) is 76.4 cm³/mol. The van der Waals surface area contributed by atoms with Gasteiger partial charge >= 0.3 is 0 Å². The van der Waals surface area contributed by atoms with Crippen LogP contribution in [0.1, 0.15) is 10.5 Å². The Labute approximate surface area is 122 Å². The van der Waals surface area contributed by atoms with Gasteiger partial charge in [-0.1, -0.05) is 27.5 Å². The minimum absolute atomic E-state index is 0.0671. The van der Waals surface area contributed by atoms with Crippen molar-refractivity contribution in [3.63, 3.8) is 0 Å². The normalized spacial score (nSPS) is 10.2. The number of ether oxygens (including phenoxy) is 1. The lowest BCUT2D eigenvalue weighted by Gasteiger charge is -2.09. The Hall–Kier alpha value is -1.79. The molecule has 0 aliphatic rings. The first kappa shape index (κ1) is 13.6. The Kier molecular flexibility index (Phi) is 3.92. The molecular formula is C12H9BrClN3O2. The summed E-state index contributed by atoms with van der Waals surface area (Å²) in [5.41, 5.74) is 11.2. The van der Waals surface area contributed by atoms with Gasteiger partial charge in [-0.05, 0) is 30.3 Å². The van der Waals surface area contributed by atoms with Crippen LogP contribution >= 0.6 is 27.5 Å². The molecule has 4 N–H and O–H groups in total. The van der Waals surface area contributed by atoms with Crippen LogP contribution in [0.15, 0.2) is 34.8 Å². The maximum Gasteiger partial charge on any atom is 0.267 e. The van der Waals surface area contributed by atoms with Gasteiger partial charge in [-0.3, -0.25) is 4.79 Å². The zero-order valence-corrected chi connectivity index (χ0v) is 11.9. The molecule has 2 rings (SSSR count). The van der Waals surface area contributed by atoms with Gasteiger partial charge in [0.15, 0.2) is 0 Å². The van der Waals surface area contributed by atoms with E-state index in [2.05, 4.69) is 20.9 Å². The van der Waals surface area contributed by atoms with Crippen LogP contribution in [0, 0.1) is 0 Å². The van der Waals surface area contributed by atoms with Crippen molar-refractivity contribution in [1.82, 2.24) is 4.98 Å². The van der Waals surface area contributed by atoms with Crippen LogP contribution in [0.25, 0.3) is 0 Å². The number of benzene rings is 1. The number of primary amides is 1. The lowest BCUT2D eigenvalue weighted by molar-refractivity contribution is 0.0995. The van der Waals surface area contributed by atoms with E-state index in [0.717, 1.165) is 4.47 Å². The third-order valence-corrected chi connectivity index (χ3v) is 3.03. The topological polar surface area (TPSA) is 91.2 Å². The Balaban J connectivity index is 2.37. The van der Waals surface area contributed by atoms with Crippen LogP contribution in [0.3, 0.4) is 0 Å². The average Bonchev–Trinajstić information content (AvgIpc) is 2.34. The highest BCUT2D eigenvalue weighted by atomic mass is 79.9. The molecule has 0 aliphatic carbocycles. The molecule has 0 aliphatic heterocycles. The number of carbonyl (C=O) groups is 1. The highest BCUT2D eigenvalue weighted by Crippen LogP contribution is 2.33. The van der Waals surface area contributed by atoms with E-state index in [0.29, 0.717) is 10.8 Å². The minimum atomic E-state index is -0.660. The van der Waals surface area contributed by atoms with E-state index in [4.69, 9.17) is 27.8 Å². The molecule has 19 heavy (non-hydrogen) atoms. The second-order valence-corrected chi connectivity index (χ2v) is 4.95. The first-order valence-electron chi connectivity index (χ1n) is 5.16. The smallest absolute Gasteiger partial charge is 0.267 e. The van der Waals surface area contributed by atoms with Crippen molar-refractivity contribution in [2.75, 3.05) is 5.73 Å². The molecule has 1 amide bonds. The van der Waals surface area contributed by atoms with E-state index < -0.39 is 5.91 Å². The SMILES string of the molecule is NC(=O)c1ccc(N)c(Oc2ccc(Br)cc2Cl)n1. The van der Waals surface area contributed by atoms with Crippen molar-refractivity contribution >= 4 is 39.1 Å². The number of amides is 1. The summed E-state index contributed by atoms with van der Waals surface area (Å²) in [6.45, 7) is 0. The minimum Gasteiger partial charge on any atom is -0.435 e. The van der Waals surface area contributed by atoms with Crippen molar-refractivity contribution < 1.29 is 9.53 Å². The Morgan fingerprint density at radius 1 is 1.32 bits per heavy atom. The monoisotopic (exact) mass is 341 g/mol. The van der Waals surface area contributed by atoms with Gasteiger partial charge in [0, 0.05) is 4.47 Å². The number of nitrogens with two attached hydrogens (primary N) is 2. The zero-order valence-electron chi connectivity index (χ0n) is 9.56. The summed E-state index contributed by atoms with van der Waals surface area (Å²) in [6.07, 6.45) is 0. The van der Waals surface area contributed by atoms with Crippen LogP contribution in [0.4, 0.5) is 5.69 Å². The number of nitrogen functional groups attached to an aromatic ring is 1. The standard InChI is InChI=1S/C12H9BrClN3O2/c13-6-1-4-10(7(14)5-6)19-12-8(15)2-3-9(17-12)11(16)18/h1-5H,15H2,(H2,16,18). The van der Waals surface area contributed by atoms with Crippen LogP contribution < -0.4 is 16.2 Å². The summed E-state index contributed by atoms with van der Waals surface area (Å²) >= 11 is 9.30. The van der Waals surface area contributed by atoms with Gasteiger partial charge in [0.05, 0.1) is 10.7 Å². The van der Waals surface area contributed by atoms with Gasteiger partial charge in [0.25, 0.3) is 5.91 Å². The second kappa shape index (κ2) is 5.46. The van der Waals surface area contributed by atoms with Gasteiger partial charge in [0.1, 0.15) is 11.4 Å². The first-order valence-corrected chi connectivity index (χ1v) is 6.33. The third kappa shape index (κ3) is 3.15. The molecule has 0 bridgehead atoms. The molecule has 0 radical (unpaired) electrons. The maximum absolute atomic E-state index is 11.1. The van der Waals surface area contributed by atoms with E-state index >= 15 is 0 Å². The van der Waals surface area contributed by atoms with Crippen LogP contribution in [-0.2, 0) is 0 Å². The number of halogens is 2. The van der Waals surface area contributed by atoms with E-state index in [1.807, 2.05) is 0 Å². The number of hydrogen-bond acceptors (Lipinski definition) is 4. The van der Waals surface area contributed by atoms with Gasteiger partial charge in [-0.2, -0.15) is 0 Å². The average molecular weight is 343 g/mol. The highest BCUT2D eigenvalue weighted by Gasteiger charge is 2.11. The highest BCUT2D eigenvalue weighted by molar-refractivity contribution is 9.10. The fraction of sp³-hybridized carbons (Fsp3) is 0. The molecule has 5 nitrogen and oxygen atoms in total. The summed E-state index contributed by atoms with van der Waals surface area (Å²) in [4.78, 5) is 15.0. The van der Waals surface area contributed by atoms with E-state index in [1.54, 1.807) is 18.2 Å². The van der Waals surface area contributed by atoms with Crippen molar-refractivity contribution in [2.24, 2.45) is 5.73 Å². The second-order valence-electron chi connectivity index (χ2n) is 3.63. The molecule has 0 saturated heterocycles. The lowest BCUT2D eigenvalue weighted by atomic mass is 10.3. The van der Waals surface area contributed by atoms with Crippen molar-refractivity contribution in [3.05, 3.63) is 45.5 Å². The van der Waals surface area contributed by atoms with Crippen molar-refractivity contribution in [2.45, 2.75) is 0 Å². The third-order valence-electron chi connectivity index (χ3n) is 2.24. The zero-order chi connectivity index (χ0) is 14.0. The molecule has 0 unspecified atom stereocenters. The van der Waals surface area contributed by atoms with Gasteiger partial charge in [0.2, 0.25) is 5.88 Å². The molecule has 0 fully saturated rings. The summed E-state index contributed by atoms with van der Waals surface area (Å²) in [5, 5.41) is 0.389. The number of aromatic nitrogens is 1. The molecule has 1 aromatic carbocycles. The Morgan fingerprint density at radius 3 is 2.68 bits per heavy atom. The van der Waals surface area contributed by atoms with E-state index in [1.165, 1.54) is 12.1 Å². The Bertz CT molecular complexity index is 649. The van der Waals surface area contributed by atoms with Crippen molar-refractivity contribution in [3.8, 4) is 11.6 Å². The quantitative estimate of drug-likeness (QED) is 0.897. The molecule has 1 heterocycles. The van der Waals surface area contributed by atoms with Gasteiger partial charge in [-0.15, -0.1) is 0 Å². The first-order chi connectivity index (χ1) is 8.97. The van der Waals surface area contributed by atoms with Gasteiger partial charge < -0.3 is 16.2 Å². The van der Waals surface area contributed by atoms with Crippen LogP contribution in [-0.4, -0.2) is 10.9 Å². The summed E-state index contributed by atoms with van der Waals surface area (Å²) in [7, 11) is 0. The fourth-order valence-electron chi connectivity index (χ4n) is 1.33. The van der Waals surface area contributed by atoms with Gasteiger partial charge in [-0.25, -0.2) is 4.98 Å². The molecule has 98 valence electrons. The van der Waals surface area contributed by atoms with Crippen LogP contribution in [0.5, 0.6) is 11.6 Å². The molecule has 0 atom stereocenters. The number of carbonyl (C=O) groups excluding carboxylic acids is 1. The molecule has 7 heteroatoms. The largest absolute Gasteiger partial charge is 0.435 e. The molecule has 0 saturated carbocycles. The Morgan fingerprint density at radius 2 is 2.05 bits per heavy atom. The number of pyridine rings is 1. The number of rotatable bonds is 3. The molecule has 1 aromatic heterocycles. The summed E-state index contributed by atoms with van der Waals surface area (Å²) < 4.78 is 6.31. The van der Waals surface area contributed by atoms with E-state index in [9.17, 15) is 4.79 Å². The molecule has 0 spiro atoms.